The molecule has 0 aliphatic carbocycles. The van der Waals surface area contributed by atoms with E-state index < -0.39 is 0 Å². The van der Waals surface area contributed by atoms with E-state index in [1.165, 1.54) is 0 Å². The first-order chi connectivity index (χ1) is 15.5. The molecule has 1 unspecified atom stereocenters. The van der Waals surface area contributed by atoms with Crippen LogP contribution in [0.3, 0.4) is 0 Å². The number of benzene rings is 2. The van der Waals surface area contributed by atoms with E-state index in [1.807, 2.05) is 54.1 Å². The van der Waals surface area contributed by atoms with Gasteiger partial charge in [-0.25, -0.2) is 0 Å². The molecule has 1 fully saturated rings. The van der Waals surface area contributed by atoms with Crippen molar-refractivity contribution >= 4 is 5.91 Å². The van der Waals surface area contributed by atoms with E-state index in [0.717, 1.165) is 55.2 Å². The fraction of sp³-hybridized carbons (Fsp3) is 0.385. The van der Waals surface area contributed by atoms with Crippen LogP contribution >= 0.6 is 0 Å². The summed E-state index contributed by atoms with van der Waals surface area (Å²) in [5.41, 5.74) is 5.01. The molecule has 1 aromatic heterocycles. The highest BCUT2D eigenvalue weighted by molar-refractivity contribution is 5.94. The standard InChI is InChI=1S/C26H33N5O/c1-20-16-21(2)31(28-20)18-22-8-7-11-24(17-22)26(32)27-25(23-9-5-4-6-10-23)19-30-14-12-29(3)13-15-30/h4-11,16-17,25H,12-15,18-19H2,1-3H3,(H,27,32). The molecule has 2 aromatic carbocycles. The van der Waals surface area contributed by atoms with Crippen molar-refractivity contribution in [3.05, 3.63) is 88.7 Å². The summed E-state index contributed by atoms with van der Waals surface area (Å²) in [6.45, 7) is 9.69. The number of carbonyl (C=O) groups is 1. The zero-order valence-corrected chi connectivity index (χ0v) is 19.3. The lowest BCUT2D eigenvalue weighted by atomic mass is 10.0. The van der Waals surface area contributed by atoms with Crippen LogP contribution in [0, 0.1) is 13.8 Å². The second-order valence-corrected chi connectivity index (χ2v) is 8.83. The first-order valence-corrected chi connectivity index (χ1v) is 11.3. The summed E-state index contributed by atoms with van der Waals surface area (Å²) in [5, 5.41) is 7.84. The van der Waals surface area contributed by atoms with Crippen molar-refractivity contribution in [2.24, 2.45) is 0 Å². The van der Waals surface area contributed by atoms with Crippen molar-refractivity contribution < 1.29 is 4.79 Å². The summed E-state index contributed by atoms with van der Waals surface area (Å²) >= 11 is 0. The monoisotopic (exact) mass is 431 g/mol. The van der Waals surface area contributed by atoms with Gasteiger partial charge in [0.1, 0.15) is 0 Å². The molecule has 1 amide bonds. The molecule has 2 heterocycles. The van der Waals surface area contributed by atoms with Gasteiger partial charge in [0.05, 0.1) is 18.3 Å². The van der Waals surface area contributed by atoms with E-state index in [-0.39, 0.29) is 11.9 Å². The fourth-order valence-electron chi connectivity index (χ4n) is 4.27. The van der Waals surface area contributed by atoms with Gasteiger partial charge in [-0.05, 0) is 50.2 Å². The van der Waals surface area contributed by atoms with Crippen LogP contribution in [0.2, 0.25) is 0 Å². The maximum atomic E-state index is 13.2. The normalized spacial score (nSPS) is 16.1. The summed E-state index contributed by atoms with van der Waals surface area (Å²) in [6, 6.07) is 20.2. The van der Waals surface area contributed by atoms with Gasteiger partial charge < -0.3 is 10.2 Å². The second kappa shape index (κ2) is 10.1. The van der Waals surface area contributed by atoms with E-state index >= 15 is 0 Å². The van der Waals surface area contributed by atoms with Crippen molar-refractivity contribution in [3.63, 3.8) is 0 Å². The molecule has 3 aromatic rings. The smallest absolute Gasteiger partial charge is 0.251 e. The lowest BCUT2D eigenvalue weighted by Crippen LogP contribution is -2.47. The maximum absolute atomic E-state index is 13.2. The summed E-state index contributed by atoms with van der Waals surface area (Å²) < 4.78 is 1.98. The molecule has 1 aliphatic heterocycles. The molecule has 0 saturated carbocycles. The minimum absolute atomic E-state index is 0.0387. The second-order valence-electron chi connectivity index (χ2n) is 8.83. The molecule has 0 spiro atoms. The maximum Gasteiger partial charge on any atom is 0.251 e. The minimum atomic E-state index is -0.0493. The average Bonchev–Trinajstić information content (AvgIpc) is 3.12. The van der Waals surface area contributed by atoms with Crippen LogP contribution in [0.5, 0.6) is 0 Å². The zero-order valence-electron chi connectivity index (χ0n) is 19.3. The number of aromatic nitrogens is 2. The molecule has 1 atom stereocenters. The lowest BCUT2D eigenvalue weighted by molar-refractivity contribution is 0.0907. The molecule has 1 aliphatic rings. The van der Waals surface area contributed by atoms with Crippen molar-refractivity contribution in [2.75, 3.05) is 39.8 Å². The molecule has 4 rings (SSSR count). The molecule has 6 nitrogen and oxygen atoms in total. The predicted molar refractivity (Wildman–Crippen MR) is 128 cm³/mol. The van der Waals surface area contributed by atoms with Gasteiger partial charge in [0, 0.05) is 44.0 Å². The van der Waals surface area contributed by atoms with E-state index in [4.69, 9.17) is 0 Å². The fourth-order valence-corrected chi connectivity index (χ4v) is 4.27. The Morgan fingerprint density at radius 3 is 2.44 bits per heavy atom. The summed E-state index contributed by atoms with van der Waals surface area (Å²) in [4.78, 5) is 18.0. The largest absolute Gasteiger partial charge is 0.344 e. The lowest BCUT2D eigenvalue weighted by Gasteiger charge is -2.35. The number of amides is 1. The number of carbonyl (C=O) groups excluding carboxylic acids is 1. The van der Waals surface area contributed by atoms with Gasteiger partial charge in [-0.15, -0.1) is 0 Å². The summed E-state index contributed by atoms with van der Waals surface area (Å²) in [7, 11) is 2.16. The van der Waals surface area contributed by atoms with Crippen LogP contribution < -0.4 is 5.32 Å². The molecule has 1 N–H and O–H groups in total. The number of aryl methyl sites for hydroxylation is 2. The van der Waals surface area contributed by atoms with Crippen molar-refractivity contribution in [2.45, 2.75) is 26.4 Å². The Morgan fingerprint density at radius 1 is 1.00 bits per heavy atom. The van der Waals surface area contributed by atoms with Crippen LogP contribution in [0.1, 0.15) is 38.9 Å². The number of nitrogens with zero attached hydrogens (tertiary/aromatic N) is 4. The van der Waals surface area contributed by atoms with Crippen LogP contribution in [-0.2, 0) is 6.54 Å². The highest BCUT2D eigenvalue weighted by Gasteiger charge is 2.22. The number of hydrogen-bond donors (Lipinski definition) is 1. The number of piperazine rings is 1. The third-order valence-electron chi connectivity index (χ3n) is 6.17. The average molecular weight is 432 g/mol. The van der Waals surface area contributed by atoms with Crippen LogP contribution in [0.4, 0.5) is 0 Å². The summed E-state index contributed by atoms with van der Waals surface area (Å²) in [6.07, 6.45) is 0. The van der Waals surface area contributed by atoms with E-state index in [2.05, 4.69) is 52.4 Å². The third-order valence-corrected chi connectivity index (χ3v) is 6.17. The highest BCUT2D eigenvalue weighted by Crippen LogP contribution is 2.17. The third kappa shape index (κ3) is 5.64. The van der Waals surface area contributed by atoms with Crippen molar-refractivity contribution in [1.82, 2.24) is 24.9 Å². The van der Waals surface area contributed by atoms with Gasteiger partial charge in [-0.2, -0.15) is 5.10 Å². The molecule has 1 saturated heterocycles. The molecular formula is C26H33N5O. The molecule has 32 heavy (non-hydrogen) atoms. The van der Waals surface area contributed by atoms with E-state index in [1.54, 1.807) is 0 Å². The van der Waals surface area contributed by atoms with Gasteiger partial charge in [-0.3, -0.25) is 14.4 Å². The van der Waals surface area contributed by atoms with Crippen molar-refractivity contribution in [3.8, 4) is 0 Å². The Bertz CT molecular complexity index is 1040. The van der Waals surface area contributed by atoms with Crippen LogP contribution in [0.15, 0.2) is 60.7 Å². The molecule has 168 valence electrons. The highest BCUT2D eigenvalue weighted by atomic mass is 16.1. The van der Waals surface area contributed by atoms with Crippen LogP contribution in [0.25, 0.3) is 0 Å². The topological polar surface area (TPSA) is 53.4 Å². The Kier molecular flexibility index (Phi) is 7.02. The first-order valence-electron chi connectivity index (χ1n) is 11.3. The molecular weight excluding hydrogens is 398 g/mol. The Morgan fingerprint density at radius 2 is 1.75 bits per heavy atom. The van der Waals surface area contributed by atoms with Crippen LogP contribution in [-0.4, -0.2) is 65.3 Å². The number of hydrogen-bond acceptors (Lipinski definition) is 4. The molecule has 0 radical (unpaired) electrons. The minimum Gasteiger partial charge on any atom is -0.344 e. The first kappa shape index (κ1) is 22.2. The quantitative estimate of drug-likeness (QED) is 0.624. The zero-order chi connectivity index (χ0) is 22.5. The molecule has 0 bridgehead atoms. The Balaban J connectivity index is 1.48. The van der Waals surface area contributed by atoms with Gasteiger partial charge in [0.2, 0.25) is 0 Å². The van der Waals surface area contributed by atoms with Gasteiger partial charge in [0.25, 0.3) is 5.91 Å². The molecule has 6 heteroatoms. The Hall–Kier alpha value is -2.96. The van der Waals surface area contributed by atoms with E-state index in [0.29, 0.717) is 12.1 Å². The SMILES string of the molecule is Cc1cc(C)n(Cc2cccc(C(=O)NC(CN3CCN(C)CC3)c3ccccc3)c2)n1. The summed E-state index contributed by atoms with van der Waals surface area (Å²) in [5.74, 6) is -0.0387. The number of rotatable bonds is 7. The number of likely N-dealkylation sites (N-methyl/N-ethyl adjacent to an activating group) is 1. The van der Waals surface area contributed by atoms with Gasteiger partial charge in [0.15, 0.2) is 0 Å². The Labute approximate surface area is 190 Å². The van der Waals surface area contributed by atoms with Crippen molar-refractivity contribution in [1.29, 1.82) is 0 Å². The predicted octanol–water partition coefficient (Wildman–Crippen LogP) is 3.27. The van der Waals surface area contributed by atoms with Gasteiger partial charge in [-0.1, -0.05) is 42.5 Å². The number of nitrogens with one attached hydrogen (secondary N) is 1. The van der Waals surface area contributed by atoms with E-state index in [9.17, 15) is 4.79 Å². The van der Waals surface area contributed by atoms with Gasteiger partial charge >= 0.3 is 0 Å².